The smallest absolute Gasteiger partial charge is 0.142 e. The Morgan fingerprint density at radius 2 is 1.06 bits per heavy atom. The standard InChI is InChI=1S/C29H42N4O/c1-17(2)30-27(31-18(3)4)21-13-11-15-23-25(21)34-26-22(14-12-16-24(26)29(23,9)10)28(32-19(5)6)33-20(7)8/h11-20H,1-10H3,(H,30,31)(H,32,33). The Morgan fingerprint density at radius 1 is 0.676 bits per heavy atom. The molecule has 2 N–H and O–H groups in total. The highest BCUT2D eigenvalue weighted by atomic mass is 16.5. The van der Waals surface area contributed by atoms with Gasteiger partial charge in [-0.15, -0.1) is 0 Å². The van der Waals surface area contributed by atoms with E-state index in [1.54, 1.807) is 0 Å². The predicted octanol–water partition coefficient (Wildman–Crippen LogP) is 6.42. The van der Waals surface area contributed by atoms with Gasteiger partial charge in [0.2, 0.25) is 0 Å². The van der Waals surface area contributed by atoms with Gasteiger partial charge in [-0.05, 0) is 67.5 Å². The third-order valence-corrected chi connectivity index (χ3v) is 5.72. The van der Waals surface area contributed by atoms with Gasteiger partial charge in [-0.2, -0.15) is 0 Å². The first-order valence-electron chi connectivity index (χ1n) is 12.6. The molecule has 0 unspecified atom stereocenters. The Morgan fingerprint density at radius 3 is 1.38 bits per heavy atom. The summed E-state index contributed by atoms with van der Waals surface area (Å²) in [6, 6.07) is 13.6. The fourth-order valence-electron chi connectivity index (χ4n) is 4.33. The van der Waals surface area contributed by atoms with Crippen LogP contribution in [-0.2, 0) is 5.41 Å². The van der Waals surface area contributed by atoms with Crippen molar-refractivity contribution in [3.63, 3.8) is 0 Å². The highest BCUT2D eigenvalue weighted by molar-refractivity contribution is 6.04. The Balaban J connectivity index is 2.25. The fourth-order valence-corrected chi connectivity index (χ4v) is 4.33. The van der Waals surface area contributed by atoms with E-state index in [9.17, 15) is 0 Å². The van der Waals surface area contributed by atoms with Crippen molar-refractivity contribution in [3.8, 4) is 11.5 Å². The van der Waals surface area contributed by atoms with Gasteiger partial charge in [0, 0.05) is 40.7 Å². The van der Waals surface area contributed by atoms with E-state index in [4.69, 9.17) is 14.7 Å². The zero-order valence-corrected chi connectivity index (χ0v) is 22.6. The van der Waals surface area contributed by atoms with Crippen molar-refractivity contribution < 1.29 is 4.74 Å². The van der Waals surface area contributed by atoms with Gasteiger partial charge in [0.05, 0.1) is 11.1 Å². The number of ether oxygens (including phenoxy) is 1. The predicted molar refractivity (Wildman–Crippen MR) is 145 cm³/mol. The molecule has 34 heavy (non-hydrogen) atoms. The van der Waals surface area contributed by atoms with Crippen LogP contribution in [0.15, 0.2) is 46.4 Å². The number of hydrogen-bond donors (Lipinski definition) is 2. The van der Waals surface area contributed by atoms with Crippen molar-refractivity contribution in [2.75, 3.05) is 0 Å². The van der Waals surface area contributed by atoms with Gasteiger partial charge in [-0.3, -0.25) is 9.98 Å². The van der Waals surface area contributed by atoms with Crippen LogP contribution in [0.3, 0.4) is 0 Å². The van der Waals surface area contributed by atoms with E-state index in [0.29, 0.717) is 0 Å². The maximum atomic E-state index is 6.82. The van der Waals surface area contributed by atoms with Crippen LogP contribution in [0, 0.1) is 0 Å². The molecule has 5 heteroatoms. The molecule has 0 saturated carbocycles. The first-order chi connectivity index (χ1) is 15.9. The number of benzene rings is 2. The van der Waals surface area contributed by atoms with Crippen molar-refractivity contribution in [2.45, 2.75) is 98.8 Å². The van der Waals surface area contributed by atoms with Gasteiger partial charge in [0.15, 0.2) is 0 Å². The summed E-state index contributed by atoms with van der Waals surface area (Å²) >= 11 is 0. The van der Waals surface area contributed by atoms with Gasteiger partial charge in [0.25, 0.3) is 0 Å². The quantitative estimate of drug-likeness (QED) is 0.384. The molecule has 5 nitrogen and oxygen atoms in total. The van der Waals surface area contributed by atoms with Crippen LogP contribution in [0.1, 0.15) is 91.5 Å². The summed E-state index contributed by atoms with van der Waals surface area (Å²) in [6.07, 6.45) is 0. The zero-order chi connectivity index (χ0) is 25.2. The number of hydrogen-bond acceptors (Lipinski definition) is 3. The molecule has 0 bridgehead atoms. The van der Waals surface area contributed by atoms with E-state index >= 15 is 0 Å². The molecule has 2 aromatic rings. The number of nitrogens with one attached hydrogen (secondary N) is 2. The molecule has 0 saturated heterocycles. The van der Waals surface area contributed by atoms with Gasteiger partial charge in [-0.25, -0.2) is 0 Å². The summed E-state index contributed by atoms with van der Waals surface area (Å²) < 4.78 is 6.82. The Bertz CT molecular complexity index is 994. The van der Waals surface area contributed by atoms with Crippen LogP contribution >= 0.6 is 0 Å². The lowest BCUT2D eigenvalue weighted by Gasteiger charge is -2.37. The summed E-state index contributed by atoms with van der Waals surface area (Å²) in [7, 11) is 0. The number of fused-ring (bicyclic) bond motifs is 2. The molecule has 1 aliphatic rings. The Labute approximate surface area is 206 Å². The molecule has 3 rings (SSSR count). The average molecular weight is 463 g/mol. The number of rotatable bonds is 6. The highest BCUT2D eigenvalue weighted by Crippen LogP contribution is 2.50. The van der Waals surface area contributed by atoms with Crippen molar-refractivity contribution in [3.05, 3.63) is 58.7 Å². The van der Waals surface area contributed by atoms with Crippen LogP contribution in [0.5, 0.6) is 11.5 Å². The molecule has 0 amide bonds. The van der Waals surface area contributed by atoms with Crippen molar-refractivity contribution in [1.29, 1.82) is 0 Å². The minimum Gasteiger partial charge on any atom is -0.455 e. The number of nitrogens with zero attached hydrogens (tertiary/aromatic N) is 2. The molecule has 1 aliphatic heterocycles. The van der Waals surface area contributed by atoms with Crippen LogP contribution < -0.4 is 15.4 Å². The SMILES string of the molecule is CC(C)N=C(NC(C)C)c1cccc2c1Oc1c(C(=NC(C)C)NC(C)C)cccc1C2(C)C. The molecule has 2 aromatic carbocycles. The second kappa shape index (κ2) is 10.2. The molecular formula is C29H42N4O. The monoisotopic (exact) mass is 462 g/mol. The molecule has 1 heterocycles. The zero-order valence-electron chi connectivity index (χ0n) is 22.6. The first kappa shape index (κ1) is 25.8. The van der Waals surface area contributed by atoms with Crippen molar-refractivity contribution >= 4 is 11.7 Å². The molecular weight excluding hydrogens is 420 g/mol. The van der Waals surface area contributed by atoms with E-state index in [-0.39, 0.29) is 29.6 Å². The van der Waals surface area contributed by atoms with E-state index in [2.05, 4.69) is 116 Å². The molecule has 0 aliphatic carbocycles. The summed E-state index contributed by atoms with van der Waals surface area (Å²) in [6.45, 7) is 21.5. The summed E-state index contributed by atoms with van der Waals surface area (Å²) in [5.41, 5.74) is 4.07. The Hall–Kier alpha value is -2.82. The van der Waals surface area contributed by atoms with E-state index in [1.165, 1.54) is 0 Å². The molecule has 0 radical (unpaired) electrons. The summed E-state index contributed by atoms with van der Waals surface area (Å²) in [5.74, 6) is 3.48. The summed E-state index contributed by atoms with van der Waals surface area (Å²) in [5, 5.41) is 7.10. The number of amidine groups is 2. The highest BCUT2D eigenvalue weighted by Gasteiger charge is 2.37. The Kier molecular flexibility index (Phi) is 7.74. The minimum atomic E-state index is -0.240. The molecule has 0 spiro atoms. The van der Waals surface area contributed by atoms with E-state index in [1.807, 2.05) is 0 Å². The van der Waals surface area contributed by atoms with Crippen LogP contribution in [0.2, 0.25) is 0 Å². The maximum absolute atomic E-state index is 6.82. The third kappa shape index (κ3) is 5.45. The number of para-hydroxylation sites is 2. The second-order valence-electron chi connectivity index (χ2n) is 10.8. The van der Waals surface area contributed by atoms with Gasteiger partial charge in [-0.1, -0.05) is 38.1 Å². The van der Waals surface area contributed by atoms with Gasteiger partial charge in [0.1, 0.15) is 23.2 Å². The van der Waals surface area contributed by atoms with Gasteiger partial charge < -0.3 is 15.4 Å². The molecule has 0 fully saturated rings. The fraction of sp³-hybridized carbons (Fsp3) is 0.517. The van der Waals surface area contributed by atoms with E-state index < -0.39 is 0 Å². The van der Waals surface area contributed by atoms with Crippen LogP contribution in [0.4, 0.5) is 0 Å². The normalized spacial score (nSPS) is 15.5. The topological polar surface area (TPSA) is 58.0 Å². The van der Waals surface area contributed by atoms with Crippen LogP contribution in [0.25, 0.3) is 0 Å². The molecule has 0 aromatic heterocycles. The molecule has 0 atom stereocenters. The largest absolute Gasteiger partial charge is 0.455 e. The number of aliphatic imine (C=N–C) groups is 2. The lowest BCUT2D eigenvalue weighted by Crippen LogP contribution is -2.35. The van der Waals surface area contributed by atoms with Crippen molar-refractivity contribution in [1.82, 2.24) is 10.6 Å². The lowest BCUT2D eigenvalue weighted by molar-refractivity contribution is 0.415. The minimum absolute atomic E-state index is 0.163. The van der Waals surface area contributed by atoms with Crippen molar-refractivity contribution in [2.24, 2.45) is 9.98 Å². The van der Waals surface area contributed by atoms with E-state index in [0.717, 1.165) is 45.4 Å². The molecule has 184 valence electrons. The second-order valence-corrected chi connectivity index (χ2v) is 10.8. The van der Waals surface area contributed by atoms with Gasteiger partial charge >= 0.3 is 0 Å². The first-order valence-corrected chi connectivity index (χ1v) is 12.6. The lowest BCUT2D eigenvalue weighted by atomic mass is 9.74. The average Bonchev–Trinajstić information content (AvgIpc) is 2.71. The third-order valence-electron chi connectivity index (χ3n) is 5.72. The maximum Gasteiger partial charge on any atom is 0.142 e. The summed E-state index contributed by atoms with van der Waals surface area (Å²) in [4.78, 5) is 9.85. The van der Waals surface area contributed by atoms with Crippen LogP contribution in [-0.4, -0.2) is 35.8 Å².